The highest BCUT2D eigenvalue weighted by molar-refractivity contribution is 6.03. The number of hydrogen-bond acceptors (Lipinski definition) is 3. The molecule has 3 heteroatoms. The molecule has 1 heterocycles. The number of rotatable bonds is 4. The van der Waals surface area contributed by atoms with Crippen LogP contribution in [0.5, 0.6) is 5.75 Å². The predicted molar refractivity (Wildman–Crippen MR) is 93.5 cm³/mol. The van der Waals surface area contributed by atoms with Gasteiger partial charge in [-0.15, -0.1) is 0 Å². The quantitative estimate of drug-likeness (QED) is 0.939. The maximum atomic E-state index is 12.0. The lowest BCUT2D eigenvalue weighted by Crippen LogP contribution is -2.16. The Balaban J connectivity index is 1.51. The van der Waals surface area contributed by atoms with Gasteiger partial charge in [0.2, 0.25) is 0 Å². The van der Waals surface area contributed by atoms with Crippen LogP contribution >= 0.6 is 0 Å². The zero-order valence-corrected chi connectivity index (χ0v) is 13.5. The molecule has 0 bridgehead atoms. The summed E-state index contributed by atoms with van der Waals surface area (Å²) in [4.78, 5) is 12.0. The highest BCUT2D eigenvalue weighted by Crippen LogP contribution is 2.27. The molecule has 1 N–H and O–H groups in total. The van der Waals surface area contributed by atoms with E-state index in [1.165, 1.54) is 5.56 Å². The lowest BCUT2D eigenvalue weighted by molar-refractivity contribution is 0.0994. The topological polar surface area (TPSA) is 46.5 Å². The van der Waals surface area contributed by atoms with E-state index in [9.17, 15) is 9.90 Å². The summed E-state index contributed by atoms with van der Waals surface area (Å²) in [6.45, 7) is 0.748. The largest absolute Gasteiger partial charge is 0.493 e. The predicted octanol–water partition coefficient (Wildman–Crippen LogP) is 3.37. The van der Waals surface area contributed by atoms with E-state index in [2.05, 4.69) is 6.07 Å². The van der Waals surface area contributed by atoms with Crippen molar-refractivity contribution in [2.75, 3.05) is 6.61 Å². The van der Waals surface area contributed by atoms with E-state index >= 15 is 0 Å². The van der Waals surface area contributed by atoms with E-state index < -0.39 is 6.10 Å². The molecule has 24 heavy (non-hydrogen) atoms. The van der Waals surface area contributed by atoms with Gasteiger partial charge in [-0.2, -0.15) is 0 Å². The number of fused-ring (bicyclic) bond motifs is 2. The van der Waals surface area contributed by atoms with Crippen LogP contribution in [0.25, 0.3) is 6.08 Å². The first-order valence-electron chi connectivity index (χ1n) is 8.45. The van der Waals surface area contributed by atoms with Gasteiger partial charge in [0.15, 0.2) is 5.78 Å². The fourth-order valence-electron chi connectivity index (χ4n) is 3.59. The van der Waals surface area contributed by atoms with E-state index in [-0.39, 0.29) is 5.78 Å². The maximum absolute atomic E-state index is 12.0. The third-order valence-electron chi connectivity index (χ3n) is 4.77. The number of benzene rings is 2. The van der Waals surface area contributed by atoms with Crippen LogP contribution in [0.15, 0.2) is 42.5 Å². The fourth-order valence-corrected chi connectivity index (χ4v) is 3.59. The van der Waals surface area contributed by atoms with Gasteiger partial charge in [-0.05, 0) is 41.2 Å². The lowest BCUT2D eigenvalue weighted by atomic mass is 9.89. The molecule has 3 nitrogen and oxygen atoms in total. The molecule has 0 radical (unpaired) electrons. The number of aliphatic hydroxyl groups excluding tert-OH is 1. The van der Waals surface area contributed by atoms with E-state index in [1.54, 1.807) is 0 Å². The van der Waals surface area contributed by atoms with Gasteiger partial charge < -0.3 is 9.84 Å². The molecule has 2 aromatic rings. The second-order valence-corrected chi connectivity index (χ2v) is 6.51. The van der Waals surface area contributed by atoms with Gasteiger partial charge >= 0.3 is 0 Å². The normalized spacial score (nSPS) is 16.5. The Morgan fingerprint density at radius 2 is 2.08 bits per heavy atom. The molecule has 2 aliphatic rings. The van der Waals surface area contributed by atoms with Crippen LogP contribution in [0.1, 0.15) is 39.0 Å². The molecule has 0 spiro atoms. The van der Waals surface area contributed by atoms with Crippen molar-refractivity contribution in [3.05, 3.63) is 70.3 Å². The minimum Gasteiger partial charge on any atom is -0.493 e. The number of allylic oxidation sites excluding steroid dienone is 1. The van der Waals surface area contributed by atoms with Crippen LogP contribution in [0.3, 0.4) is 0 Å². The van der Waals surface area contributed by atoms with Gasteiger partial charge in [0.25, 0.3) is 0 Å². The van der Waals surface area contributed by atoms with E-state index in [4.69, 9.17) is 4.74 Å². The molecule has 1 atom stereocenters. The molecule has 1 aliphatic carbocycles. The minimum atomic E-state index is -0.470. The maximum Gasteiger partial charge on any atom is 0.167 e. The third kappa shape index (κ3) is 2.87. The first-order chi connectivity index (χ1) is 11.7. The molecule has 0 aromatic heterocycles. The Morgan fingerprint density at radius 3 is 3.00 bits per heavy atom. The second kappa shape index (κ2) is 6.25. The summed E-state index contributed by atoms with van der Waals surface area (Å²) in [7, 11) is 0. The van der Waals surface area contributed by atoms with Crippen molar-refractivity contribution in [1.29, 1.82) is 0 Å². The molecule has 1 unspecified atom stereocenters. The van der Waals surface area contributed by atoms with Crippen LogP contribution in [-0.4, -0.2) is 23.6 Å². The van der Waals surface area contributed by atoms with Crippen LogP contribution in [0, 0.1) is 0 Å². The standard InChI is InChI=1S/C21H20O3/c22-17(12-14-7-8-21-16(11-14)9-10-24-21)13-15-3-1-5-19-18(15)4-2-6-20(19)23/h1-5,7-8,11,17,22H,6,9-10,12-13H2. The highest BCUT2D eigenvalue weighted by atomic mass is 16.5. The number of aliphatic hydroxyl groups is 1. The van der Waals surface area contributed by atoms with Crippen LogP contribution in [-0.2, 0) is 19.3 Å². The van der Waals surface area contributed by atoms with Crippen molar-refractivity contribution in [2.24, 2.45) is 0 Å². The zero-order valence-electron chi connectivity index (χ0n) is 13.5. The lowest BCUT2D eigenvalue weighted by Gasteiger charge is -2.17. The average molecular weight is 320 g/mol. The number of Topliss-reactive ketones (excluding diaryl/α,β-unsaturated/α-hetero) is 1. The smallest absolute Gasteiger partial charge is 0.167 e. The summed E-state index contributed by atoms with van der Waals surface area (Å²) in [5, 5.41) is 10.5. The van der Waals surface area contributed by atoms with Crippen molar-refractivity contribution >= 4 is 11.9 Å². The van der Waals surface area contributed by atoms with Crippen LogP contribution in [0.2, 0.25) is 0 Å². The Morgan fingerprint density at radius 1 is 1.17 bits per heavy atom. The molecule has 0 fully saturated rings. The monoisotopic (exact) mass is 320 g/mol. The van der Waals surface area contributed by atoms with Crippen molar-refractivity contribution < 1.29 is 14.6 Å². The van der Waals surface area contributed by atoms with Gasteiger partial charge in [0.05, 0.1) is 12.7 Å². The summed E-state index contributed by atoms with van der Waals surface area (Å²) in [6.07, 6.45) is 6.01. The summed E-state index contributed by atoms with van der Waals surface area (Å²) >= 11 is 0. The Bertz CT molecular complexity index is 820. The SMILES string of the molecule is O=C1CC=Cc2c(CC(O)Cc3ccc4c(c3)CCO4)cccc21. The molecule has 0 saturated carbocycles. The first kappa shape index (κ1) is 15.2. The van der Waals surface area contributed by atoms with Crippen molar-refractivity contribution in [1.82, 2.24) is 0 Å². The molecule has 0 amide bonds. The van der Waals surface area contributed by atoms with Gasteiger partial charge in [-0.3, -0.25) is 4.79 Å². The van der Waals surface area contributed by atoms with Crippen molar-refractivity contribution in [3.63, 3.8) is 0 Å². The summed E-state index contributed by atoms with van der Waals surface area (Å²) in [5.74, 6) is 1.12. The van der Waals surface area contributed by atoms with E-state index in [0.29, 0.717) is 19.3 Å². The number of hydrogen-bond donors (Lipinski definition) is 1. The Kier molecular flexibility index (Phi) is 3.95. The van der Waals surface area contributed by atoms with Gasteiger partial charge in [0.1, 0.15) is 5.75 Å². The third-order valence-corrected chi connectivity index (χ3v) is 4.77. The number of carbonyl (C=O) groups excluding carboxylic acids is 1. The summed E-state index contributed by atoms with van der Waals surface area (Å²) < 4.78 is 5.52. The van der Waals surface area contributed by atoms with Crippen LogP contribution in [0.4, 0.5) is 0 Å². The van der Waals surface area contributed by atoms with E-state index in [0.717, 1.165) is 41.0 Å². The molecule has 4 rings (SSSR count). The zero-order chi connectivity index (χ0) is 16.5. The minimum absolute atomic E-state index is 0.155. The Labute approximate surface area is 141 Å². The molecular weight excluding hydrogens is 300 g/mol. The highest BCUT2D eigenvalue weighted by Gasteiger charge is 2.18. The number of ether oxygens (including phenoxy) is 1. The molecule has 122 valence electrons. The van der Waals surface area contributed by atoms with Crippen LogP contribution < -0.4 is 4.74 Å². The van der Waals surface area contributed by atoms with Crippen molar-refractivity contribution in [3.8, 4) is 5.75 Å². The summed E-state index contributed by atoms with van der Waals surface area (Å²) in [6, 6.07) is 11.9. The number of ketones is 1. The molecule has 0 saturated heterocycles. The molecular formula is C21H20O3. The van der Waals surface area contributed by atoms with Gasteiger partial charge in [-0.25, -0.2) is 0 Å². The van der Waals surface area contributed by atoms with Crippen molar-refractivity contribution in [2.45, 2.75) is 31.8 Å². The number of carbonyl (C=O) groups is 1. The fraction of sp³-hybridized carbons (Fsp3) is 0.286. The molecule has 2 aromatic carbocycles. The summed E-state index contributed by atoms with van der Waals surface area (Å²) in [5.41, 5.74) is 5.13. The second-order valence-electron chi connectivity index (χ2n) is 6.51. The van der Waals surface area contributed by atoms with E-state index in [1.807, 2.05) is 42.5 Å². The average Bonchev–Trinajstić information content (AvgIpc) is 3.03. The van der Waals surface area contributed by atoms with Gasteiger partial charge in [-0.1, -0.05) is 42.5 Å². The van der Waals surface area contributed by atoms with Gasteiger partial charge in [0, 0.05) is 18.4 Å². The first-order valence-corrected chi connectivity index (χ1v) is 8.45. The Hall–Kier alpha value is -2.39. The molecule has 1 aliphatic heterocycles.